The van der Waals surface area contributed by atoms with E-state index < -0.39 is 5.54 Å². The van der Waals surface area contributed by atoms with Gasteiger partial charge in [0.2, 0.25) is 5.91 Å². The Morgan fingerprint density at radius 3 is 2.61 bits per heavy atom. The molecule has 1 rings (SSSR count). The Hall–Kier alpha value is -0.840. The van der Waals surface area contributed by atoms with Crippen molar-refractivity contribution >= 4 is 36.4 Å². The van der Waals surface area contributed by atoms with E-state index in [1.807, 2.05) is 13.8 Å². The number of hydrogen-bond donors (Lipinski definition) is 2. The zero-order valence-corrected chi connectivity index (χ0v) is 12.5. The third kappa shape index (κ3) is 5.21. The van der Waals surface area contributed by atoms with Crippen LogP contribution >= 0.6 is 24.8 Å². The Morgan fingerprint density at radius 1 is 1.50 bits per heavy atom. The van der Waals surface area contributed by atoms with Crippen molar-refractivity contribution in [3.05, 3.63) is 24.0 Å². The van der Waals surface area contributed by atoms with Crippen molar-refractivity contribution in [3.63, 3.8) is 0 Å². The van der Waals surface area contributed by atoms with Gasteiger partial charge in [0.15, 0.2) is 0 Å². The molecule has 1 heterocycles. The van der Waals surface area contributed by atoms with E-state index in [2.05, 4.69) is 10.3 Å². The molecule has 3 N–H and O–H groups in total. The SMILES string of the molecule is CCCC(C)(N)C(=O)Nc1ccncc1C.Cl.Cl. The zero-order chi connectivity index (χ0) is 12.2. The Morgan fingerprint density at radius 2 is 2.11 bits per heavy atom. The highest BCUT2D eigenvalue weighted by molar-refractivity contribution is 5.98. The van der Waals surface area contributed by atoms with E-state index in [1.54, 1.807) is 25.4 Å². The standard InChI is InChI=1S/C12H19N3O.2ClH/c1-4-6-12(3,13)11(16)15-10-5-7-14-8-9(10)2;;/h5,7-8H,4,6,13H2,1-3H3,(H,14,15,16);2*1H. The average Bonchev–Trinajstić information content (AvgIpc) is 2.21. The second-order valence-electron chi connectivity index (χ2n) is 4.31. The number of nitrogens with zero attached hydrogens (tertiary/aromatic N) is 1. The van der Waals surface area contributed by atoms with Crippen molar-refractivity contribution in [3.8, 4) is 0 Å². The topological polar surface area (TPSA) is 68.0 Å². The predicted octanol–water partition coefficient (Wildman–Crippen LogP) is 2.69. The van der Waals surface area contributed by atoms with Crippen molar-refractivity contribution in [1.29, 1.82) is 0 Å². The van der Waals surface area contributed by atoms with Gasteiger partial charge in [-0.25, -0.2) is 0 Å². The first-order valence-corrected chi connectivity index (χ1v) is 5.48. The van der Waals surface area contributed by atoms with Crippen LogP contribution < -0.4 is 11.1 Å². The average molecular weight is 294 g/mol. The number of aromatic nitrogens is 1. The lowest BCUT2D eigenvalue weighted by atomic mass is 9.96. The highest BCUT2D eigenvalue weighted by Gasteiger charge is 2.27. The highest BCUT2D eigenvalue weighted by Crippen LogP contribution is 2.16. The predicted molar refractivity (Wildman–Crippen MR) is 79.6 cm³/mol. The second kappa shape index (κ2) is 8.29. The van der Waals surface area contributed by atoms with Crippen LogP contribution in [-0.4, -0.2) is 16.4 Å². The first kappa shape index (κ1) is 19.5. The number of amides is 1. The molecule has 104 valence electrons. The van der Waals surface area contributed by atoms with Gasteiger partial charge in [-0.3, -0.25) is 9.78 Å². The van der Waals surface area contributed by atoms with E-state index in [4.69, 9.17) is 5.73 Å². The molecule has 0 aliphatic heterocycles. The number of carbonyl (C=O) groups is 1. The molecular formula is C12H21Cl2N3O. The summed E-state index contributed by atoms with van der Waals surface area (Å²) in [6, 6.07) is 1.77. The molecule has 1 atom stereocenters. The lowest BCUT2D eigenvalue weighted by Gasteiger charge is -2.23. The third-order valence-electron chi connectivity index (χ3n) is 2.56. The summed E-state index contributed by atoms with van der Waals surface area (Å²) in [5.41, 5.74) is 6.83. The largest absolute Gasteiger partial charge is 0.324 e. The van der Waals surface area contributed by atoms with Crippen LogP contribution in [0.2, 0.25) is 0 Å². The second-order valence-corrected chi connectivity index (χ2v) is 4.31. The number of nitrogens with one attached hydrogen (secondary N) is 1. The zero-order valence-electron chi connectivity index (χ0n) is 10.9. The van der Waals surface area contributed by atoms with Gasteiger partial charge >= 0.3 is 0 Å². The van der Waals surface area contributed by atoms with Gasteiger partial charge in [0.05, 0.1) is 5.54 Å². The molecule has 1 aromatic rings. The summed E-state index contributed by atoms with van der Waals surface area (Å²) >= 11 is 0. The van der Waals surface area contributed by atoms with E-state index in [0.717, 1.165) is 17.7 Å². The molecule has 6 heteroatoms. The Bertz CT molecular complexity index is 383. The van der Waals surface area contributed by atoms with Gasteiger partial charge in [0.25, 0.3) is 0 Å². The fraction of sp³-hybridized carbons (Fsp3) is 0.500. The summed E-state index contributed by atoms with van der Waals surface area (Å²) in [6.07, 6.45) is 4.91. The molecular weight excluding hydrogens is 273 g/mol. The van der Waals surface area contributed by atoms with Gasteiger partial charge in [0.1, 0.15) is 0 Å². The number of rotatable bonds is 4. The molecule has 4 nitrogen and oxygen atoms in total. The van der Waals surface area contributed by atoms with Crippen molar-refractivity contribution in [2.75, 3.05) is 5.32 Å². The number of carbonyl (C=O) groups excluding carboxylic acids is 1. The van der Waals surface area contributed by atoms with E-state index in [1.165, 1.54) is 0 Å². The minimum Gasteiger partial charge on any atom is -0.324 e. The van der Waals surface area contributed by atoms with Gasteiger partial charge < -0.3 is 11.1 Å². The van der Waals surface area contributed by atoms with Gasteiger partial charge in [-0.05, 0) is 31.9 Å². The molecule has 0 saturated carbocycles. The molecule has 0 bridgehead atoms. The summed E-state index contributed by atoms with van der Waals surface area (Å²) in [5.74, 6) is -0.149. The lowest BCUT2D eigenvalue weighted by Crippen LogP contribution is -2.48. The molecule has 0 saturated heterocycles. The number of halogens is 2. The molecule has 18 heavy (non-hydrogen) atoms. The number of aryl methyl sites for hydroxylation is 1. The smallest absolute Gasteiger partial charge is 0.244 e. The maximum atomic E-state index is 11.9. The van der Waals surface area contributed by atoms with Gasteiger partial charge in [-0.1, -0.05) is 13.3 Å². The van der Waals surface area contributed by atoms with Crippen LogP contribution in [0, 0.1) is 6.92 Å². The normalized spacial score (nSPS) is 12.7. The van der Waals surface area contributed by atoms with Gasteiger partial charge in [-0.15, -0.1) is 24.8 Å². The van der Waals surface area contributed by atoms with Crippen molar-refractivity contribution in [2.24, 2.45) is 5.73 Å². The van der Waals surface area contributed by atoms with Crippen molar-refractivity contribution in [1.82, 2.24) is 4.98 Å². The van der Waals surface area contributed by atoms with E-state index in [0.29, 0.717) is 6.42 Å². The summed E-state index contributed by atoms with van der Waals surface area (Å²) in [7, 11) is 0. The van der Waals surface area contributed by atoms with Crippen LogP contribution in [0.15, 0.2) is 18.5 Å². The molecule has 1 unspecified atom stereocenters. The molecule has 0 aromatic carbocycles. The molecule has 0 aliphatic carbocycles. The van der Waals surface area contributed by atoms with E-state index in [-0.39, 0.29) is 30.7 Å². The number of pyridine rings is 1. The molecule has 0 aliphatic rings. The molecule has 1 aromatic heterocycles. The summed E-state index contributed by atoms with van der Waals surface area (Å²) in [6.45, 7) is 5.66. The Balaban J connectivity index is 0. The number of hydrogen-bond acceptors (Lipinski definition) is 3. The maximum absolute atomic E-state index is 11.9. The van der Waals surface area contributed by atoms with Gasteiger partial charge in [0, 0.05) is 18.1 Å². The monoisotopic (exact) mass is 293 g/mol. The molecule has 0 radical (unpaired) electrons. The fourth-order valence-electron chi connectivity index (χ4n) is 1.51. The Labute approximate surface area is 121 Å². The maximum Gasteiger partial charge on any atom is 0.244 e. The molecule has 1 amide bonds. The van der Waals surface area contributed by atoms with Crippen LogP contribution in [-0.2, 0) is 4.79 Å². The van der Waals surface area contributed by atoms with E-state index in [9.17, 15) is 4.79 Å². The Kier molecular flexibility index (Phi) is 8.99. The van der Waals surface area contributed by atoms with Crippen LogP contribution in [0.25, 0.3) is 0 Å². The van der Waals surface area contributed by atoms with E-state index >= 15 is 0 Å². The first-order chi connectivity index (χ1) is 7.47. The minimum atomic E-state index is -0.815. The summed E-state index contributed by atoms with van der Waals surface area (Å²) in [5, 5.41) is 2.83. The fourth-order valence-corrected chi connectivity index (χ4v) is 1.51. The van der Waals surface area contributed by atoms with Crippen LogP contribution in [0.1, 0.15) is 32.3 Å². The number of nitrogens with two attached hydrogens (primary N) is 1. The van der Waals surface area contributed by atoms with Gasteiger partial charge in [-0.2, -0.15) is 0 Å². The van der Waals surface area contributed by atoms with Crippen LogP contribution in [0.4, 0.5) is 5.69 Å². The first-order valence-electron chi connectivity index (χ1n) is 5.48. The minimum absolute atomic E-state index is 0. The van der Waals surface area contributed by atoms with Crippen LogP contribution in [0.5, 0.6) is 0 Å². The number of anilines is 1. The quantitative estimate of drug-likeness (QED) is 0.897. The summed E-state index contributed by atoms with van der Waals surface area (Å²) < 4.78 is 0. The molecule has 0 fully saturated rings. The highest BCUT2D eigenvalue weighted by atomic mass is 35.5. The van der Waals surface area contributed by atoms with Crippen molar-refractivity contribution < 1.29 is 4.79 Å². The summed E-state index contributed by atoms with van der Waals surface area (Å²) in [4.78, 5) is 15.9. The third-order valence-corrected chi connectivity index (χ3v) is 2.56. The molecule has 0 spiro atoms. The lowest BCUT2D eigenvalue weighted by molar-refractivity contribution is -0.120. The van der Waals surface area contributed by atoms with Crippen molar-refractivity contribution in [2.45, 2.75) is 39.2 Å². The van der Waals surface area contributed by atoms with Crippen LogP contribution in [0.3, 0.4) is 0 Å².